The van der Waals surface area contributed by atoms with Gasteiger partial charge in [0.05, 0.1) is 7.11 Å². The molecule has 3 rings (SSSR count). The molecular weight excluding hydrogens is 312 g/mol. The van der Waals surface area contributed by atoms with Crippen LogP contribution >= 0.6 is 12.4 Å². The Morgan fingerprint density at radius 1 is 1.26 bits per heavy atom. The minimum atomic E-state index is 0. The van der Waals surface area contributed by atoms with Crippen LogP contribution < -0.4 is 15.4 Å². The summed E-state index contributed by atoms with van der Waals surface area (Å²) in [5.41, 5.74) is 2.96. The van der Waals surface area contributed by atoms with Gasteiger partial charge < -0.3 is 15.4 Å². The van der Waals surface area contributed by atoms with Gasteiger partial charge in [-0.15, -0.1) is 12.4 Å². The molecule has 1 aromatic carbocycles. The summed E-state index contributed by atoms with van der Waals surface area (Å²) >= 11 is 0. The van der Waals surface area contributed by atoms with Crippen molar-refractivity contribution in [3.8, 4) is 5.75 Å². The summed E-state index contributed by atoms with van der Waals surface area (Å²) in [4.78, 5) is 12.4. The molecule has 2 N–H and O–H groups in total. The number of anilines is 1. The van der Waals surface area contributed by atoms with Crippen LogP contribution in [0.4, 0.5) is 5.69 Å². The average Bonchev–Trinajstić information content (AvgIpc) is 2.82. The third-order valence-corrected chi connectivity index (χ3v) is 5.13. The largest absolute Gasteiger partial charge is 0.496 e. The van der Waals surface area contributed by atoms with Gasteiger partial charge in [-0.1, -0.05) is 6.07 Å². The van der Waals surface area contributed by atoms with Crippen LogP contribution in [0.5, 0.6) is 5.75 Å². The number of carbonyl (C=O) groups is 1. The maximum absolute atomic E-state index is 12.4. The zero-order valence-corrected chi connectivity index (χ0v) is 15.0. The highest BCUT2D eigenvalue weighted by Crippen LogP contribution is 2.33. The molecule has 2 atom stereocenters. The molecule has 2 saturated heterocycles. The van der Waals surface area contributed by atoms with Crippen LogP contribution in [0.25, 0.3) is 0 Å². The molecule has 2 bridgehead atoms. The Balaban J connectivity index is 0.00000192. The average molecular weight is 339 g/mol. The quantitative estimate of drug-likeness (QED) is 0.882. The van der Waals surface area contributed by atoms with Gasteiger partial charge in [-0.2, -0.15) is 0 Å². The van der Waals surface area contributed by atoms with Crippen molar-refractivity contribution < 1.29 is 9.53 Å². The van der Waals surface area contributed by atoms with Crippen LogP contribution in [-0.4, -0.2) is 25.1 Å². The topological polar surface area (TPSA) is 50.4 Å². The molecule has 23 heavy (non-hydrogen) atoms. The second-order valence-electron chi connectivity index (χ2n) is 6.82. The van der Waals surface area contributed by atoms with E-state index in [-0.39, 0.29) is 18.3 Å². The molecule has 0 aliphatic carbocycles. The number of nitrogens with one attached hydrogen (secondary N) is 2. The molecule has 0 spiro atoms. The molecule has 4 nitrogen and oxygen atoms in total. The summed E-state index contributed by atoms with van der Waals surface area (Å²) in [5, 5.41) is 6.70. The molecule has 1 aromatic rings. The molecule has 0 aromatic heterocycles. The lowest BCUT2D eigenvalue weighted by molar-refractivity contribution is -0.117. The predicted molar refractivity (Wildman–Crippen MR) is 95.6 cm³/mol. The standard InChI is InChI=1S/C18H26N2O2.ClH/c1-11-4-7-16(12(2)18(11)22-3)20-17(21)10-13-8-14-5-6-15(9-13)19-14;/h4,7,13-15,19H,5-6,8-10H2,1-3H3,(H,20,21);1H. The van der Waals surface area contributed by atoms with E-state index in [9.17, 15) is 4.79 Å². The number of methoxy groups -OCH3 is 1. The maximum atomic E-state index is 12.4. The predicted octanol–water partition coefficient (Wildman–Crippen LogP) is 3.59. The zero-order chi connectivity index (χ0) is 15.7. The van der Waals surface area contributed by atoms with Crippen molar-refractivity contribution in [2.24, 2.45) is 5.92 Å². The first-order valence-electron chi connectivity index (χ1n) is 8.27. The normalized spacial score (nSPS) is 25.6. The Hall–Kier alpha value is -1.26. The number of carbonyl (C=O) groups excluding carboxylic acids is 1. The Kier molecular flexibility index (Phi) is 5.93. The maximum Gasteiger partial charge on any atom is 0.224 e. The van der Waals surface area contributed by atoms with E-state index in [0.29, 0.717) is 24.4 Å². The van der Waals surface area contributed by atoms with Crippen LogP contribution in [0.15, 0.2) is 12.1 Å². The summed E-state index contributed by atoms with van der Waals surface area (Å²) in [6.07, 6.45) is 5.46. The van der Waals surface area contributed by atoms with Crippen molar-refractivity contribution in [2.45, 2.75) is 58.0 Å². The van der Waals surface area contributed by atoms with Crippen LogP contribution in [0, 0.1) is 19.8 Å². The first kappa shape index (κ1) is 18.1. The van der Waals surface area contributed by atoms with Gasteiger partial charge in [0.25, 0.3) is 0 Å². The van der Waals surface area contributed by atoms with E-state index >= 15 is 0 Å². The van der Waals surface area contributed by atoms with Crippen molar-refractivity contribution in [3.05, 3.63) is 23.3 Å². The lowest BCUT2D eigenvalue weighted by Gasteiger charge is -2.28. The Bertz CT molecular complexity index is 564. The summed E-state index contributed by atoms with van der Waals surface area (Å²) in [6.45, 7) is 4.01. The molecular formula is C18H27ClN2O2. The number of ether oxygens (including phenoxy) is 1. The van der Waals surface area contributed by atoms with Crippen molar-refractivity contribution in [1.29, 1.82) is 0 Å². The number of fused-ring (bicyclic) bond motifs is 2. The second-order valence-corrected chi connectivity index (χ2v) is 6.82. The molecule has 128 valence electrons. The fraction of sp³-hybridized carbons (Fsp3) is 0.611. The Morgan fingerprint density at radius 2 is 1.91 bits per heavy atom. The van der Waals surface area contributed by atoms with E-state index in [1.807, 2.05) is 26.0 Å². The Labute approximate surface area is 144 Å². The Morgan fingerprint density at radius 3 is 2.52 bits per heavy atom. The van der Waals surface area contributed by atoms with Gasteiger partial charge in [0, 0.05) is 29.8 Å². The second kappa shape index (κ2) is 7.54. The molecule has 2 aliphatic heterocycles. The SMILES string of the molecule is COc1c(C)ccc(NC(=O)CC2CC3CCC(C2)N3)c1C.Cl. The van der Waals surface area contributed by atoms with E-state index in [1.165, 1.54) is 12.8 Å². The number of rotatable bonds is 4. The fourth-order valence-electron chi connectivity index (χ4n) is 4.08. The number of amides is 1. The van der Waals surface area contributed by atoms with Crippen LogP contribution in [0.3, 0.4) is 0 Å². The summed E-state index contributed by atoms with van der Waals surface area (Å²) in [5.74, 6) is 1.50. The number of aryl methyl sites for hydroxylation is 1. The summed E-state index contributed by atoms with van der Waals surface area (Å²) in [7, 11) is 1.67. The van der Waals surface area contributed by atoms with Gasteiger partial charge in [0.2, 0.25) is 5.91 Å². The minimum Gasteiger partial charge on any atom is -0.496 e. The lowest BCUT2D eigenvalue weighted by Crippen LogP contribution is -2.39. The highest BCUT2D eigenvalue weighted by atomic mass is 35.5. The molecule has 5 heteroatoms. The molecule has 2 fully saturated rings. The van der Waals surface area contributed by atoms with Gasteiger partial charge in [-0.05, 0) is 57.1 Å². The monoisotopic (exact) mass is 338 g/mol. The zero-order valence-electron chi connectivity index (χ0n) is 14.1. The van der Waals surface area contributed by atoms with Crippen molar-refractivity contribution in [1.82, 2.24) is 5.32 Å². The van der Waals surface area contributed by atoms with Crippen molar-refractivity contribution in [2.75, 3.05) is 12.4 Å². The van der Waals surface area contributed by atoms with Crippen molar-refractivity contribution >= 4 is 24.0 Å². The number of hydrogen-bond acceptors (Lipinski definition) is 3. The van der Waals surface area contributed by atoms with E-state index < -0.39 is 0 Å². The van der Waals surface area contributed by atoms with Gasteiger partial charge in [-0.25, -0.2) is 0 Å². The molecule has 2 aliphatic rings. The third kappa shape index (κ3) is 3.99. The van der Waals surface area contributed by atoms with E-state index in [1.54, 1.807) is 7.11 Å². The number of hydrogen-bond donors (Lipinski definition) is 2. The molecule has 0 radical (unpaired) electrons. The van der Waals surface area contributed by atoms with Crippen LogP contribution in [0.1, 0.15) is 43.2 Å². The third-order valence-electron chi connectivity index (χ3n) is 5.13. The smallest absolute Gasteiger partial charge is 0.224 e. The summed E-state index contributed by atoms with van der Waals surface area (Å²) in [6, 6.07) is 5.24. The molecule has 2 heterocycles. The lowest BCUT2D eigenvalue weighted by atomic mass is 9.89. The molecule has 1 amide bonds. The first-order valence-corrected chi connectivity index (χ1v) is 8.27. The first-order chi connectivity index (χ1) is 10.6. The van der Waals surface area contributed by atoms with Gasteiger partial charge in [0.1, 0.15) is 5.75 Å². The van der Waals surface area contributed by atoms with Gasteiger partial charge >= 0.3 is 0 Å². The van der Waals surface area contributed by atoms with Crippen molar-refractivity contribution in [3.63, 3.8) is 0 Å². The van der Waals surface area contributed by atoms with Crippen LogP contribution in [-0.2, 0) is 4.79 Å². The minimum absolute atomic E-state index is 0. The van der Waals surface area contributed by atoms with E-state index in [4.69, 9.17) is 4.74 Å². The number of halogens is 1. The molecule has 2 unspecified atom stereocenters. The van der Waals surface area contributed by atoms with Gasteiger partial charge in [0.15, 0.2) is 0 Å². The summed E-state index contributed by atoms with van der Waals surface area (Å²) < 4.78 is 5.42. The highest BCUT2D eigenvalue weighted by Gasteiger charge is 2.34. The van der Waals surface area contributed by atoms with E-state index in [2.05, 4.69) is 10.6 Å². The fourth-order valence-corrected chi connectivity index (χ4v) is 4.08. The number of benzene rings is 1. The molecule has 0 saturated carbocycles. The number of piperidine rings is 1. The van der Waals surface area contributed by atoms with Gasteiger partial charge in [-0.3, -0.25) is 4.79 Å². The highest BCUT2D eigenvalue weighted by molar-refractivity contribution is 5.92. The van der Waals surface area contributed by atoms with Crippen LogP contribution in [0.2, 0.25) is 0 Å². The van der Waals surface area contributed by atoms with E-state index in [0.717, 1.165) is 35.4 Å².